The second kappa shape index (κ2) is 5.54. The first-order valence-electron chi connectivity index (χ1n) is 5.52. The fraction of sp³-hybridized carbons (Fsp3) is 0.500. The van der Waals surface area contributed by atoms with Crippen molar-refractivity contribution in [3.8, 4) is 0 Å². The summed E-state index contributed by atoms with van der Waals surface area (Å²) in [6.45, 7) is 6.88. The molecule has 1 aromatic heterocycles. The van der Waals surface area contributed by atoms with E-state index in [-0.39, 0.29) is 0 Å². The predicted octanol–water partition coefficient (Wildman–Crippen LogP) is 3.14. The van der Waals surface area contributed by atoms with Gasteiger partial charge in [0.05, 0.1) is 28.7 Å². The third kappa shape index (κ3) is 4.50. The molecule has 18 heavy (non-hydrogen) atoms. The molecule has 0 saturated heterocycles. The van der Waals surface area contributed by atoms with Gasteiger partial charge in [-0.3, -0.25) is 10.3 Å². The molecule has 5 nitrogen and oxygen atoms in total. The van der Waals surface area contributed by atoms with Crippen LogP contribution in [0.2, 0.25) is 5.02 Å². The Morgan fingerprint density at radius 3 is 2.61 bits per heavy atom. The molecule has 1 atom stereocenters. The van der Waals surface area contributed by atoms with Gasteiger partial charge < -0.3 is 9.84 Å². The van der Waals surface area contributed by atoms with Gasteiger partial charge in [0.1, 0.15) is 5.60 Å². The van der Waals surface area contributed by atoms with Crippen LogP contribution in [0, 0.1) is 0 Å². The van der Waals surface area contributed by atoms with E-state index in [4.69, 9.17) is 16.3 Å². The second-order valence-corrected chi connectivity index (χ2v) is 5.30. The molecular formula is C12H17ClN2O3. The molecule has 1 aromatic rings. The average molecular weight is 273 g/mol. The molecule has 100 valence electrons. The second-order valence-electron chi connectivity index (χ2n) is 4.89. The maximum atomic E-state index is 11.5. The smallest absolute Gasteiger partial charge is 0.412 e. The molecule has 1 unspecified atom stereocenters. The summed E-state index contributed by atoms with van der Waals surface area (Å²) >= 11 is 5.93. The Balaban J connectivity index is 2.75. The quantitative estimate of drug-likeness (QED) is 0.868. The van der Waals surface area contributed by atoms with Crippen molar-refractivity contribution in [1.82, 2.24) is 4.98 Å². The summed E-state index contributed by atoms with van der Waals surface area (Å²) < 4.78 is 5.09. The van der Waals surface area contributed by atoms with E-state index in [2.05, 4.69) is 10.3 Å². The number of ether oxygens (including phenoxy) is 1. The van der Waals surface area contributed by atoms with Gasteiger partial charge in [-0.05, 0) is 33.8 Å². The Kier molecular flexibility index (Phi) is 4.53. The number of aromatic nitrogens is 1. The van der Waals surface area contributed by atoms with Crippen LogP contribution in [-0.2, 0) is 4.74 Å². The molecule has 6 heteroatoms. The maximum Gasteiger partial charge on any atom is 0.412 e. The van der Waals surface area contributed by atoms with Crippen LogP contribution >= 0.6 is 11.6 Å². The van der Waals surface area contributed by atoms with Gasteiger partial charge in [0.2, 0.25) is 0 Å². The summed E-state index contributed by atoms with van der Waals surface area (Å²) in [5.41, 5.74) is 0.214. The lowest BCUT2D eigenvalue weighted by Crippen LogP contribution is -2.27. The van der Waals surface area contributed by atoms with E-state index in [0.717, 1.165) is 0 Å². The fourth-order valence-electron chi connectivity index (χ4n) is 1.25. The van der Waals surface area contributed by atoms with Crippen molar-refractivity contribution in [2.75, 3.05) is 5.32 Å². The van der Waals surface area contributed by atoms with Crippen LogP contribution in [0.1, 0.15) is 39.5 Å². The first-order chi connectivity index (χ1) is 8.19. The van der Waals surface area contributed by atoms with Gasteiger partial charge in [-0.2, -0.15) is 0 Å². The molecule has 0 radical (unpaired) electrons. The van der Waals surface area contributed by atoms with Crippen LogP contribution in [0.15, 0.2) is 12.3 Å². The standard InChI is InChI=1S/C12H17ClN2O3/c1-7(16)10-9(13)5-8(6-14-10)15-11(17)18-12(2,3)4/h5-7,16H,1-4H3,(H,15,17). The van der Waals surface area contributed by atoms with Gasteiger partial charge in [0.25, 0.3) is 0 Å². The third-order valence-electron chi connectivity index (χ3n) is 1.91. The molecule has 0 saturated carbocycles. The Labute approximate surface area is 111 Å². The zero-order valence-electron chi connectivity index (χ0n) is 10.8. The van der Waals surface area contributed by atoms with Gasteiger partial charge in [-0.1, -0.05) is 11.6 Å². The van der Waals surface area contributed by atoms with E-state index < -0.39 is 17.8 Å². The van der Waals surface area contributed by atoms with E-state index in [1.54, 1.807) is 27.7 Å². The number of pyridine rings is 1. The number of carbonyl (C=O) groups is 1. The number of aliphatic hydroxyl groups excluding tert-OH is 1. The highest BCUT2D eigenvalue weighted by Gasteiger charge is 2.17. The van der Waals surface area contributed by atoms with E-state index in [9.17, 15) is 9.90 Å². The van der Waals surface area contributed by atoms with Crippen molar-refractivity contribution in [1.29, 1.82) is 0 Å². The topological polar surface area (TPSA) is 71.5 Å². The zero-order valence-corrected chi connectivity index (χ0v) is 11.6. The third-order valence-corrected chi connectivity index (χ3v) is 2.21. The van der Waals surface area contributed by atoms with Crippen LogP contribution in [0.3, 0.4) is 0 Å². The molecule has 0 aliphatic heterocycles. The average Bonchev–Trinajstić information content (AvgIpc) is 2.13. The lowest BCUT2D eigenvalue weighted by Gasteiger charge is -2.19. The predicted molar refractivity (Wildman–Crippen MR) is 69.7 cm³/mol. The number of nitrogens with one attached hydrogen (secondary N) is 1. The maximum absolute atomic E-state index is 11.5. The first-order valence-corrected chi connectivity index (χ1v) is 5.90. The van der Waals surface area contributed by atoms with Gasteiger partial charge in [0, 0.05) is 0 Å². The van der Waals surface area contributed by atoms with Gasteiger partial charge in [0.15, 0.2) is 0 Å². The molecule has 1 rings (SSSR count). The van der Waals surface area contributed by atoms with Crippen LogP contribution in [-0.4, -0.2) is 21.8 Å². The summed E-state index contributed by atoms with van der Waals surface area (Å²) in [5, 5.41) is 12.2. The van der Waals surface area contributed by atoms with Crippen LogP contribution < -0.4 is 5.32 Å². The van der Waals surface area contributed by atoms with E-state index in [1.807, 2.05) is 0 Å². The number of hydrogen-bond acceptors (Lipinski definition) is 4. The first kappa shape index (κ1) is 14.7. The molecule has 0 spiro atoms. The molecule has 1 heterocycles. The van der Waals surface area contributed by atoms with Crippen molar-refractivity contribution in [2.45, 2.75) is 39.4 Å². The number of anilines is 1. The van der Waals surface area contributed by atoms with Crippen molar-refractivity contribution in [3.05, 3.63) is 23.0 Å². The molecule has 0 aliphatic carbocycles. The monoisotopic (exact) mass is 272 g/mol. The lowest BCUT2D eigenvalue weighted by atomic mass is 10.2. The van der Waals surface area contributed by atoms with Gasteiger partial charge in [-0.15, -0.1) is 0 Å². The molecule has 0 aliphatic rings. The Bertz CT molecular complexity index is 441. The van der Waals surface area contributed by atoms with Gasteiger partial charge in [-0.25, -0.2) is 4.79 Å². The van der Waals surface area contributed by atoms with E-state index in [0.29, 0.717) is 16.4 Å². The summed E-state index contributed by atoms with van der Waals surface area (Å²) in [5.74, 6) is 0. The van der Waals surface area contributed by atoms with Crippen molar-refractivity contribution in [3.63, 3.8) is 0 Å². The minimum absolute atomic E-state index is 0.290. The Morgan fingerprint density at radius 2 is 2.17 bits per heavy atom. The molecule has 2 N–H and O–H groups in total. The largest absolute Gasteiger partial charge is 0.444 e. The normalized spacial score (nSPS) is 13.0. The van der Waals surface area contributed by atoms with Crippen LogP contribution in [0.5, 0.6) is 0 Å². The SMILES string of the molecule is CC(O)c1ncc(NC(=O)OC(C)(C)C)cc1Cl. The summed E-state index contributed by atoms with van der Waals surface area (Å²) in [7, 11) is 0. The Hall–Kier alpha value is -1.33. The highest BCUT2D eigenvalue weighted by molar-refractivity contribution is 6.31. The van der Waals surface area contributed by atoms with Crippen LogP contribution in [0.25, 0.3) is 0 Å². The number of aliphatic hydroxyl groups is 1. The number of hydrogen-bond donors (Lipinski definition) is 2. The highest BCUT2D eigenvalue weighted by Crippen LogP contribution is 2.23. The lowest BCUT2D eigenvalue weighted by molar-refractivity contribution is 0.0636. The highest BCUT2D eigenvalue weighted by atomic mass is 35.5. The molecular weight excluding hydrogens is 256 g/mol. The van der Waals surface area contributed by atoms with Crippen molar-refractivity contribution < 1.29 is 14.6 Å². The fourth-order valence-corrected chi connectivity index (χ4v) is 1.57. The number of nitrogens with zero attached hydrogens (tertiary/aromatic N) is 1. The minimum atomic E-state index is -0.756. The molecule has 0 aromatic carbocycles. The summed E-state index contributed by atoms with van der Waals surface area (Å²) in [4.78, 5) is 15.5. The minimum Gasteiger partial charge on any atom is -0.444 e. The van der Waals surface area contributed by atoms with Crippen molar-refractivity contribution in [2.24, 2.45) is 0 Å². The van der Waals surface area contributed by atoms with E-state index >= 15 is 0 Å². The number of carbonyl (C=O) groups excluding carboxylic acids is 1. The zero-order chi connectivity index (χ0) is 13.9. The molecule has 1 amide bonds. The Morgan fingerprint density at radius 1 is 1.56 bits per heavy atom. The summed E-state index contributed by atoms with van der Waals surface area (Å²) in [6, 6.07) is 1.51. The van der Waals surface area contributed by atoms with Gasteiger partial charge >= 0.3 is 6.09 Å². The number of rotatable bonds is 2. The number of halogens is 1. The molecule has 0 fully saturated rings. The van der Waals surface area contributed by atoms with Crippen molar-refractivity contribution >= 4 is 23.4 Å². The van der Waals surface area contributed by atoms with E-state index in [1.165, 1.54) is 12.3 Å². The number of amides is 1. The summed E-state index contributed by atoms with van der Waals surface area (Å²) in [6.07, 6.45) is 0.0796. The van der Waals surface area contributed by atoms with Crippen LogP contribution in [0.4, 0.5) is 10.5 Å². The molecule has 0 bridgehead atoms.